The van der Waals surface area contributed by atoms with Crippen molar-refractivity contribution in [2.45, 2.75) is 31.4 Å². The van der Waals surface area contributed by atoms with E-state index in [0.717, 1.165) is 19.5 Å². The summed E-state index contributed by atoms with van der Waals surface area (Å²) in [7, 11) is -0.723. The van der Waals surface area contributed by atoms with Crippen molar-refractivity contribution in [3.63, 3.8) is 0 Å². The first-order valence-corrected chi connectivity index (χ1v) is 7.81. The highest BCUT2D eigenvalue weighted by Crippen LogP contribution is 2.17. The van der Waals surface area contributed by atoms with E-state index >= 15 is 0 Å². The van der Waals surface area contributed by atoms with E-state index in [9.17, 15) is 4.21 Å². The van der Waals surface area contributed by atoms with Gasteiger partial charge in [0.2, 0.25) is 0 Å². The second-order valence-electron chi connectivity index (χ2n) is 4.61. The lowest BCUT2D eigenvalue weighted by molar-refractivity contribution is 0.588. The quantitative estimate of drug-likeness (QED) is 0.757. The molecule has 17 heavy (non-hydrogen) atoms. The van der Waals surface area contributed by atoms with Gasteiger partial charge in [-0.25, -0.2) is 0 Å². The number of rotatable bonds is 7. The molecule has 2 nitrogen and oxygen atoms in total. The molecule has 0 saturated heterocycles. The number of nitrogens with one attached hydrogen (secondary N) is 1. The van der Waals surface area contributed by atoms with Crippen molar-refractivity contribution in [2.75, 3.05) is 19.3 Å². The van der Waals surface area contributed by atoms with Gasteiger partial charge >= 0.3 is 0 Å². The van der Waals surface area contributed by atoms with E-state index in [2.05, 4.69) is 36.5 Å². The van der Waals surface area contributed by atoms with Crippen LogP contribution in [-0.2, 0) is 10.8 Å². The fourth-order valence-corrected chi connectivity index (χ4v) is 2.04. The molecule has 0 saturated carbocycles. The van der Waals surface area contributed by atoms with Gasteiger partial charge in [-0.3, -0.25) is 4.21 Å². The summed E-state index contributed by atoms with van der Waals surface area (Å²) in [5, 5.41) is 3.61. The zero-order valence-corrected chi connectivity index (χ0v) is 11.8. The Bertz CT molecular complexity index is 339. The van der Waals surface area contributed by atoms with Gasteiger partial charge in [-0.15, -0.1) is 0 Å². The van der Waals surface area contributed by atoms with Crippen LogP contribution < -0.4 is 5.32 Å². The molecule has 0 heterocycles. The maximum atomic E-state index is 11.2. The second-order valence-corrected chi connectivity index (χ2v) is 6.42. The zero-order chi connectivity index (χ0) is 12.7. The molecule has 0 fully saturated rings. The van der Waals surface area contributed by atoms with Gasteiger partial charge in [0, 0.05) is 28.9 Å². The van der Waals surface area contributed by atoms with Crippen LogP contribution in [0.1, 0.15) is 31.7 Å². The molecule has 3 atom stereocenters. The van der Waals surface area contributed by atoms with Gasteiger partial charge < -0.3 is 5.32 Å². The molecule has 96 valence electrons. The first-order chi connectivity index (χ1) is 8.11. The maximum absolute atomic E-state index is 11.2. The van der Waals surface area contributed by atoms with Gasteiger partial charge in [0.25, 0.3) is 0 Å². The summed E-state index contributed by atoms with van der Waals surface area (Å²) < 4.78 is 11.2. The molecular formula is C14H23NOS. The molecule has 1 aromatic rings. The Balaban J connectivity index is 2.21. The summed E-state index contributed by atoms with van der Waals surface area (Å²) in [5.41, 5.74) is 1.39. The molecule has 0 aliphatic carbocycles. The maximum Gasteiger partial charge on any atom is 0.0441 e. The third-order valence-electron chi connectivity index (χ3n) is 3.12. The van der Waals surface area contributed by atoms with Gasteiger partial charge in [0.1, 0.15) is 0 Å². The van der Waals surface area contributed by atoms with Crippen LogP contribution >= 0.6 is 0 Å². The lowest BCUT2D eigenvalue weighted by Gasteiger charge is -2.14. The molecule has 0 radical (unpaired) electrons. The Kier molecular flexibility index (Phi) is 6.45. The van der Waals surface area contributed by atoms with Crippen molar-refractivity contribution in [3.8, 4) is 0 Å². The topological polar surface area (TPSA) is 29.1 Å². The smallest absolute Gasteiger partial charge is 0.0441 e. The van der Waals surface area contributed by atoms with Crippen molar-refractivity contribution in [1.82, 2.24) is 5.32 Å². The summed E-state index contributed by atoms with van der Waals surface area (Å²) in [4.78, 5) is 0. The first-order valence-electron chi connectivity index (χ1n) is 6.19. The van der Waals surface area contributed by atoms with E-state index in [-0.39, 0.29) is 5.25 Å². The van der Waals surface area contributed by atoms with Crippen LogP contribution in [0, 0.1) is 0 Å². The van der Waals surface area contributed by atoms with Crippen molar-refractivity contribution in [3.05, 3.63) is 35.9 Å². The summed E-state index contributed by atoms with van der Waals surface area (Å²) in [6.45, 7) is 6.09. The van der Waals surface area contributed by atoms with E-state index in [4.69, 9.17) is 0 Å². The first kappa shape index (κ1) is 14.4. The normalized spacial score (nSPS) is 16.4. The van der Waals surface area contributed by atoms with Gasteiger partial charge in [0.15, 0.2) is 0 Å². The molecule has 3 heteroatoms. The van der Waals surface area contributed by atoms with Crippen molar-refractivity contribution >= 4 is 10.8 Å². The molecule has 0 amide bonds. The predicted molar refractivity (Wildman–Crippen MR) is 75.9 cm³/mol. The lowest BCUT2D eigenvalue weighted by atomic mass is 9.98. The summed E-state index contributed by atoms with van der Waals surface area (Å²) in [6, 6.07) is 10.6. The molecule has 1 N–H and O–H groups in total. The lowest BCUT2D eigenvalue weighted by Crippen LogP contribution is -2.28. The van der Waals surface area contributed by atoms with Crippen LogP contribution in [0.25, 0.3) is 0 Å². The molecule has 1 aromatic carbocycles. The minimum Gasteiger partial charge on any atom is -0.316 e. The van der Waals surface area contributed by atoms with E-state index in [1.807, 2.05) is 13.0 Å². The molecule has 0 aliphatic rings. The summed E-state index contributed by atoms with van der Waals surface area (Å²) >= 11 is 0. The zero-order valence-electron chi connectivity index (χ0n) is 11.0. The highest BCUT2D eigenvalue weighted by Gasteiger charge is 2.07. The van der Waals surface area contributed by atoms with Crippen LogP contribution in [0.5, 0.6) is 0 Å². The van der Waals surface area contributed by atoms with Crippen molar-refractivity contribution in [2.24, 2.45) is 0 Å². The Hall–Kier alpha value is -0.670. The Morgan fingerprint density at radius 3 is 2.47 bits per heavy atom. The highest BCUT2D eigenvalue weighted by molar-refractivity contribution is 7.84. The minimum absolute atomic E-state index is 0.238. The highest BCUT2D eigenvalue weighted by atomic mass is 32.2. The van der Waals surface area contributed by atoms with E-state index in [0.29, 0.717) is 5.92 Å². The second kappa shape index (κ2) is 7.62. The number of hydrogen-bond acceptors (Lipinski definition) is 2. The predicted octanol–water partition coefficient (Wildman–Crippen LogP) is 2.54. The van der Waals surface area contributed by atoms with Gasteiger partial charge in [-0.2, -0.15) is 0 Å². The third kappa shape index (κ3) is 5.46. The minimum atomic E-state index is -0.723. The third-order valence-corrected chi connectivity index (χ3v) is 4.42. The fraction of sp³-hybridized carbons (Fsp3) is 0.571. The Labute approximate surface area is 107 Å². The fourth-order valence-electron chi connectivity index (χ4n) is 1.69. The van der Waals surface area contributed by atoms with E-state index < -0.39 is 10.8 Å². The Morgan fingerprint density at radius 1 is 1.24 bits per heavy atom. The standard InChI is InChI=1S/C14H23NOS/c1-12(14-7-5-4-6-8-14)9-10-15-11-13(2)17(3)16/h4-8,12-13,15H,9-11H2,1-3H3. The summed E-state index contributed by atoms with van der Waals surface area (Å²) in [6.07, 6.45) is 2.88. The molecule has 1 rings (SSSR count). The largest absolute Gasteiger partial charge is 0.316 e. The van der Waals surface area contributed by atoms with Crippen LogP contribution in [-0.4, -0.2) is 28.8 Å². The molecule has 0 aliphatic heterocycles. The average molecular weight is 253 g/mol. The Morgan fingerprint density at radius 2 is 1.88 bits per heavy atom. The van der Waals surface area contributed by atoms with Gasteiger partial charge in [-0.1, -0.05) is 37.3 Å². The van der Waals surface area contributed by atoms with Crippen molar-refractivity contribution in [1.29, 1.82) is 0 Å². The number of hydrogen-bond donors (Lipinski definition) is 1. The average Bonchev–Trinajstić information content (AvgIpc) is 2.35. The van der Waals surface area contributed by atoms with Crippen LogP contribution in [0.3, 0.4) is 0 Å². The van der Waals surface area contributed by atoms with E-state index in [1.165, 1.54) is 5.56 Å². The van der Waals surface area contributed by atoms with Crippen LogP contribution in [0.15, 0.2) is 30.3 Å². The van der Waals surface area contributed by atoms with Crippen LogP contribution in [0.2, 0.25) is 0 Å². The molecular weight excluding hydrogens is 230 g/mol. The molecule has 3 unspecified atom stereocenters. The molecule has 0 bridgehead atoms. The summed E-state index contributed by atoms with van der Waals surface area (Å²) in [5.74, 6) is 0.575. The number of benzene rings is 1. The van der Waals surface area contributed by atoms with Gasteiger partial charge in [-0.05, 0) is 31.4 Å². The molecule has 0 spiro atoms. The monoisotopic (exact) mass is 253 g/mol. The van der Waals surface area contributed by atoms with E-state index in [1.54, 1.807) is 6.26 Å². The van der Waals surface area contributed by atoms with Crippen molar-refractivity contribution < 1.29 is 4.21 Å². The SMILES string of the molecule is CC(CCNCC(C)S(C)=O)c1ccccc1. The van der Waals surface area contributed by atoms with Gasteiger partial charge in [0.05, 0.1) is 0 Å². The molecule has 0 aromatic heterocycles. The van der Waals surface area contributed by atoms with Crippen LogP contribution in [0.4, 0.5) is 0 Å².